The number of hydrogen-bond acceptors (Lipinski definition) is 10. The van der Waals surface area contributed by atoms with Crippen molar-refractivity contribution in [3.63, 3.8) is 0 Å². The maximum absolute atomic E-state index is 14.9. The molecule has 0 spiro atoms. The molecule has 3 aromatic carbocycles. The van der Waals surface area contributed by atoms with E-state index >= 15 is 0 Å². The Kier molecular flexibility index (Phi) is 19.4. The quantitative estimate of drug-likeness (QED) is 0.0903. The van der Waals surface area contributed by atoms with Crippen molar-refractivity contribution >= 4 is 33.7 Å². The Hall–Kier alpha value is -4.05. The number of halogens is 1. The van der Waals surface area contributed by atoms with Crippen LogP contribution in [-0.4, -0.2) is 114 Å². The summed E-state index contributed by atoms with van der Waals surface area (Å²) < 4.78 is 35.2. The molecule has 1 saturated carbocycles. The lowest BCUT2D eigenvalue weighted by molar-refractivity contribution is -0.146. The van der Waals surface area contributed by atoms with E-state index in [1.165, 1.54) is 5.56 Å². The van der Waals surface area contributed by atoms with Crippen LogP contribution < -0.4 is 25.4 Å². The first kappa shape index (κ1) is 47.4. The van der Waals surface area contributed by atoms with Crippen molar-refractivity contribution in [2.24, 2.45) is 5.92 Å². The van der Waals surface area contributed by atoms with Crippen LogP contribution >= 0.6 is 15.9 Å². The molecule has 3 amide bonds. The van der Waals surface area contributed by atoms with Crippen LogP contribution in [0.5, 0.6) is 11.5 Å². The van der Waals surface area contributed by atoms with Gasteiger partial charge in [0.15, 0.2) is 0 Å². The van der Waals surface area contributed by atoms with Gasteiger partial charge in [-0.2, -0.15) is 0 Å². The molecule has 3 aliphatic rings. The van der Waals surface area contributed by atoms with E-state index in [1.54, 1.807) is 18.9 Å². The van der Waals surface area contributed by atoms with Crippen LogP contribution in [0.15, 0.2) is 71.2 Å². The van der Waals surface area contributed by atoms with Gasteiger partial charge in [0, 0.05) is 17.4 Å². The van der Waals surface area contributed by atoms with E-state index in [0.29, 0.717) is 78.2 Å². The third kappa shape index (κ3) is 14.2. The Morgan fingerprint density at radius 3 is 1.98 bits per heavy atom. The number of benzene rings is 3. The maximum Gasteiger partial charge on any atom is 0.246 e. The number of carbonyl (C=O) groups is 3. The van der Waals surface area contributed by atoms with Gasteiger partial charge in [-0.25, -0.2) is 0 Å². The van der Waals surface area contributed by atoms with Crippen molar-refractivity contribution < 1.29 is 42.8 Å². The Morgan fingerprint density at radius 1 is 0.710 bits per heavy atom. The van der Waals surface area contributed by atoms with Crippen molar-refractivity contribution in [1.82, 2.24) is 20.9 Å². The molecule has 4 atom stereocenters. The molecule has 0 bridgehead atoms. The Morgan fingerprint density at radius 2 is 1.32 bits per heavy atom. The minimum Gasteiger partial charge on any atom is -0.491 e. The predicted octanol–water partition coefficient (Wildman–Crippen LogP) is 6.09. The summed E-state index contributed by atoms with van der Waals surface area (Å²) in [6.07, 6.45) is 8.03. The minimum absolute atomic E-state index is 0.00126. The van der Waals surface area contributed by atoms with E-state index in [0.717, 1.165) is 78.3 Å². The highest BCUT2D eigenvalue weighted by Gasteiger charge is 2.42. The molecule has 0 unspecified atom stereocenters. The van der Waals surface area contributed by atoms with Crippen molar-refractivity contribution in [1.29, 1.82) is 0 Å². The second-order valence-electron chi connectivity index (χ2n) is 16.3. The molecule has 3 aromatic rings. The zero-order chi connectivity index (χ0) is 43.5. The van der Waals surface area contributed by atoms with Gasteiger partial charge < -0.3 is 49.3 Å². The van der Waals surface area contributed by atoms with E-state index in [4.69, 9.17) is 28.4 Å². The molecule has 0 radical (unpaired) electrons. The lowest BCUT2D eigenvalue weighted by atomic mass is 9.82. The van der Waals surface area contributed by atoms with Crippen LogP contribution in [0.2, 0.25) is 0 Å². The molecule has 3 N–H and O–H groups in total. The monoisotopic (exact) mass is 920 g/mol. The third-order valence-corrected chi connectivity index (χ3v) is 12.5. The molecule has 0 saturated heterocycles. The van der Waals surface area contributed by atoms with Gasteiger partial charge in [-0.15, -0.1) is 0 Å². The summed E-state index contributed by atoms with van der Waals surface area (Å²) in [4.78, 5) is 44.3. The Bertz CT molecular complexity index is 1860. The summed E-state index contributed by atoms with van der Waals surface area (Å²) in [7, 11) is 1.73. The van der Waals surface area contributed by atoms with Crippen LogP contribution in [0.25, 0.3) is 0 Å². The number of rotatable bonds is 24. The molecule has 338 valence electrons. The zero-order valence-corrected chi connectivity index (χ0v) is 38.0. The lowest BCUT2D eigenvalue weighted by Gasteiger charge is -2.41. The first-order valence-corrected chi connectivity index (χ1v) is 23.2. The van der Waals surface area contributed by atoms with Crippen molar-refractivity contribution in [3.8, 4) is 11.5 Å². The van der Waals surface area contributed by atoms with Crippen molar-refractivity contribution in [2.75, 3.05) is 73.1 Å². The molecule has 14 heteroatoms. The summed E-state index contributed by atoms with van der Waals surface area (Å²) >= 11 is 3.41. The van der Waals surface area contributed by atoms with Crippen LogP contribution in [0.3, 0.4) is 0 Å². The largest absolute Gasteiger partial charge is 0.491 e. The van der Waals surface area contributed by atoms with Crippen LogP contribution in [0, 0.1) is 5.92 Å². The maximum atomic E-state index is 14.9. The van der Waals surface area contributed by atoms with Gasteiger partial charge in [0.1, 0.15) is 36.8 Å². The Labute approximate surface area is 375 Å². The summed E-state index contributed by atoms with van der Waals surface area (Å²) in [5, 5.41) is 9.46. The van der Waals surface area contributed by atoms with E-state index in [-0.39, 0.29) is 36.2 Å². The third-order valence-electron chi connectivity index (χ3n) is 12.0. The fourth-order valence-electron chi connectivity index (χ4n) is 8.45. The fraction of sp³-hybridized carbons (Fsp3) is 0.562. The Balaban J connectivity index is 0.967. The number of aryl methyl sites for hydroxylation is 1. The molecule has 2 aliphatic carbocycles. The van der Waals surface area contributed by atoms with E-state index in [2.05, 4.69) is 44.0 Å². The van der Waals surface area contributed by atoms with Gasteiger partial charge in [0.25, 0.3) is 0 Å². The standard InChI is InChI=1S/C48H65BrN4O9/c1-34(50-2)46(54)52-45(36-10-4-3-5-11-36)48(56)53-33-38-31-41(18-15-37(38)32-44(53)47(55)51-43-14-8-12-35-9-6-7-13-42(35)43)62-30-28-60-26-24-58-22-21-57-23-25-59-27-29-61-40-19-16-39(49)17-20-40/h6-7,9,13,15-20,31,34,36,43-45,50H,3-5,8,10-12,14,21-30,32-33H2,1-2H3,(H,51,55)(H,52,54)/t34-,43-,44+,45-/m0/s1. The fourth-order valence-corrected chi connectivity index (χ4v) is 8.72. The molecule has 0 aromatic heterocycles. The normalized spacial score (nSPS) is 18.5. The molecular weight excluding hydrogens is 856 g/mol. The second-order valence-corrected chi connectivity index (χ2v) is 17.2. The highest BCUT2D eigenvalue weighted by atomic mass is 79.9. The molecule has 62 heavy (non-hydrogen) atoms. The van der Waals surface area contributed by atoms with E-state index < -0.39 is 18.1 Å². The number of amides is 3. The van der Waals surface area contributed by atoms with Crippen molar-refractivity contribution in [3.05, 3.63) is 93.5 Å². The summed E-state index contributed by atoms with van der Waals surface area (Å²) in [5.41, 5.74) is 4.33. The van der Waals surface area contributed by atoms with Gasteiger partial charge in [-0.05, 0) is 111 Å². The average molecular weight is 922 g/mol. The number of ether oxygens (including phenoxy) is 6. The number of fused-ring (bicyclic) bond motifs is 2. The molecule has 1 heterocycles. The molecule has 6 rings (SSSR count). The summed E-state index contributed by atoms with van der Waals surface area (Å²) in [5.74, 6) is 0.869. The first-order valence-electron chi connectivity index (χ1n) is 22.4. The van der Waals surface area contributed by atoms with E-state index in [1.807, 2.05) is 54.6 Å². The van der Waals surface area contributed by atoms with Gasteiger partial charge >= 0.3 is 0 Å². The number of nitrogens with zero attached hydrogens (tertiary/aromatic N) is 1. The topological polar surface area (TPSA) is 146 Å². The summed E-state index contributed by atoms with van der Waals surface area (Å²) in [6.45, 7) is 6.46. The van der Waals surface area contributed by atoms with E-state index in [9.17, 15) is 14.4 Å². The van der Waals surface area contributed by atoms with Crippen LogP contribution in [0.4, 0.5) is 0 Å². The highest BCUT2D eigenvalue weighted by Crippen LogP contribution is 2.34. The number of hydrogen-bond donors (Lipinski definition) is 3. The van der Waals surface area contributed by atoms with Crippen LogP contribution in [0.1, 0.15) is 80.2 Å². The molecule has 1 aliphatic heterocycles. The van der Waals surface area contributed by atoms with Gasteiger partial charge in [-0.1, -0.05) is 65.5 Å². The highest BCUT2D eigenvalue weighted by molar-refractivity contribution is 9.10. The second kappa shape index (κ2) is 25.3. The van der Waals surface area contributed by atoms with Gasteiger partial charge in [-0.3, -0.25) is 14.4 Å². The number of likely N-dealkylation sites (N-methyl/N-ethyl adjacent to an activating group) is 1. The minimum atomic E-state index is -0.726. The number of carbonyl (C=O) groups excluding carboxylic acids is 3. The smallest absolute Gasteiger partial charge is 0.246 e. The predicted molar refractivity (Wildman–Crippen MR) is 240 cm³/mol. The lowest BCUT2D eigenvalue weighted by Crippen LogP contribution is -2.60. The zero-order valence-electron chi connectivity index (χ0n) is 36.4. The van der Waals surface area contributed by atoms with Crippen molar-refractivity contribution in [2.45, 2.75) is 95.4 Å². The molecule has 13 nitrogen and oxygen atoms in total. The first-order chi connectivity index (χ1) is 30.3. The molecular formula is C48H65BrN4O9. The molecule has 1 fully saturated rings. The van der Waals surface area contributed by atoms with Gasteiger partial charge in [0.2, 0.25) is 17.7 Å². The van der Waals surface area contributed by atoms with Crippen LogP contribution in [-0.2, 0) is 52.7 Å². The SMILES string of the molecule is CN[C@@H](C)C(=O)N[C@H](C(=O)N1Cc2cc(OCCOCCOCCOCCOCCOc3ccc(Br)cc3)ccc2C[C@@H]1C(=O)N[C@H]1CCCc2ccccc21)C1CCCCC1. The average Bonchev–Trinajstić information content (AvgIpc) is 3.30. The summed E-state index contributed by atoms with van der Waals surface area (Å²) in [6, 6.07) is 19.8. The van der Waals surface area contributed by atoms with Gasteiger partial charge in [0.05, 0.1) is 64.9 Å². The number of nitrogens with one attached hydrogen (secondary N) is 3.